The fraction of sp³-hybridized carbons (Fsp3) is 0.500. The number of hydrogen-bond acceptors (Lipinski definition) is 3. The summed E-state index contributed by atoms with van der Waals surface area (Å²) in [7, 11) is 0. The van der Waals surface area contributed by atoms with Gasteiger partial charge in [0.2, 0.25) is 0 Å². The second-order valence-corrected chi connectivity index (χ2v) is 4.12. The van der Waals surface area contributed by atoms with Crippen molar-refractivity contribution in [2.24, 2.45) is 5.92 Å². The zero-order chi connectivity index (χ0) is 12.1. The van der Waals surface area contributed by atoms with Gasteiger partial charge in [0, 0.05) is 6.04 Å². The van der Waals surface area contributed by atoms with Crippen LogP contribution in [0.1, 0.15) is 37.7 Å². The zero-order valence-electron chi connectivity index (χ0n) is 9.90. The number of rotatable bonds is 5. The SMILES string of the molecule is CCC(Nc1cccc(C(=O)O)n1)C(C)C. The Balaban J connectivity index is 2.80. The van der Waals surface area contributed by atoms with Crippen molar-refractivity contribution in [3.05, 3.63) is 23.9 Å². The van der Waals surface area contributed by atoms with Gasteiger partial charge in [-0.3, -0.25) is 0 Å². The number of carbonyl (C=O) groups is 1. The molecule has 0 saturated carbocycles. The van der Waals surface area contributed by atoms with E-state index in [0.717, 1.165) is 6.42 Å². The van der Waals surface area contributed by atoms with Gasteiger partial charge in [-0.2, -0.15) is 0 Å². The van der Waals surface area contributed by atoms with Gasteiger partial charge in [0.15, 0.2) is 5.69 Å². The Morgan fingerprint density at radius 1 is 1.50 bits per heavy atom. The molecule has 0 radical (unpaired) electrons. The summed E-state index contributed by atoms with van der Waals surface area (Å²) in [6.07, 6.45) is 0.983. The van der Waals surface area contributed by atoms with Gasteiger partial charge in [-0.05, 0) is 24.5 Å². The smallest absolute Gasteiger partial charge is 0.354 e. The molecule has 1 heterocycles. The maximum absolute atomic E-state index is 10.8. The van der Waals surface area contributed by atoms with Crippen LogP contribution >= 0.6 is 0 Å². The van der Waals surface area contributed by atoms with E-state index >= 15 is 0 Å². The van der Waals surface area contributed by atoms with Gasteiger partial charge in [0.1, 0.15) is 5.82 Å². The molecule has 4 nitrogen and oxygen atoms in total. The standard InChI is InChI=1S/C12H18N2O2/c1-4-9(8(2)3)13-11-7-5-6-10(14-11)12(15)16/h5-9H,4H2,1-3H3,(H,13,14)(H,15,16). The quantitative estimate of drug-likeness (QED) is 0.804. The van der Waals surface area contributed by atoms with Crippen molar-refractivity contribution >= 4 is 11.8 Å². The molecule has 0 bridgehead atoms. The minimum absolute atomic E-state index is 0.0728. The van der Waals surface area contributed by atoms with Crippen LogP contribution in [-0.4, -0.2) is 22.1 Å². The lowest BCUT2D eigenvalue weighted by atomic mass is 10.0. The molecule has 1 aromatic heterocycles. The lowest BCUT2D eigenvalue weighted by Crippen LogP contribution is -2.25. The average Bonchev–Trinajstić information content (AvgIpc) is 2.25. The van der Waals surface area contributed by atoms with Crippen molar-refractivity contribution in [1.29, 1.82) is 0 Å². The summed E-state index contributed by atoms with van der Waals surface area (Å²) >= 11 is 0. The van der Waals surface area contributed by atoms with Gasteiger partial charge in [-0.25, -0.2) is 9.78 Å². The highest BCUT2D eigenvalue weighted by atomic mass is 16.4. The van der Waals surface area contributed by atoms with Gasteiger partial charge in [0.05, 0.1) is 0 Å². The predicted octanol–water partition coefficient (Wildman–Crippen LogP) is 2.63. The van der Waals surface area contributed by atoms with Crippen LogP contribution in [0.15, 0.2) is 18.2 Å². The second kappa shape index (κ2) is 5.49. The Bertz CT molecular complexity index is 364. The van der Waals surface area contributed by atoms with Crippen molar-refractivity contribution in [3.63, 3.8) is 0 Å². The molecular formula is C12H18N2O2. The van der Waals surface area contributed by atoms with Crippen LogP contribution in [0.3, 0.4) is 0 Å². The number of carboxylic acids is 1. The molecule has 0 aliphatic rings. The number of carboxylic acid groups (broad SMARTS) is 1. The summed E-state index contributed by atoms with van der Waals surface area (Å²) in [5.41, 5.74) is 0.0728. The number of hydrogen-bond donors (Lipinski definition) is 2. The molecule has 0 spiro atoms. The number of nitrogens with one attached hydrogen (secondary N) is 1. The van der Waals surface area contributed by atoms with Crippen molar-refractivity contribution in [1.82, 2.24) is 4.98 Å². The molecule has 0 aromatic carbocycles. The van der Waals surface area contributed by atoms with E-state index in [1.54, 1.807) is 12.1 Å². The fourth-order valence-corrected chi connectivity index (χ4v) is 1.56. The van der Waals surface area contributed by atoms with Crippen LogP contribution in [-0.2, 0) is 0 Å². The molecule has 0 aliphatic carbocycles. The zero-order valence-corrected chi connectivity index (χ0v) is 9.90. The molecule has 16 heavy (non-hydrogen) atoms. The monoisotopic (exact) mass is 222 g/mol. The topological polar surface area (TPSA) is 62.2 Å². The van der Waals surface area contributed by atoms with Crippen LogP contribution in [0.25, 0.3) is 0 Å². The van der Waals surface area contributed by atoms with Crippen LogP contribution in [0.5, 0.6) is 0 Å². The first-order valence-corrected chi connectivity index (χ1v) is 5.51. The predicted molar refractivity (Wildman–Crippen MR) is 63.7 cm³/mol. The molecule has 1 atom stereocenters. The largest absolute Gasteiger partial charge is 0.477 e. The summed E-state index contributed by atoms with van der Waals surface area (Å²) in [6, 6.07) is 5.30. The van der Waals surface area contributed by atoms with Gasteiger partial charge in [-0.1, -0.05) is 26.8 Å². The van der Waals surface area contributed by atoms with E-state index < -0.39 is 5.97 Å². The van der Waals surface area contributed by atoms with E-state index in [9.17, 15) is 4.79 Å². The lowest BCUT2D eigenvalue weighted by molar-refractivity contribution is 0.0690. The van der Waals surface area contributed by atoms with Gasteiger partial charge in [0.25, 0.3) is 0 Å². The maximum Gasteiger partial charge on any atom is 0.354 e. The average molecular weight is 222 g/mol. The molecule has 0 saturated heterocycles. The van der Waals surface area contributed by atoms with E-state index in [-0.39, 0.29) is 5.69 Å². The van der Waals surface area contributed by atoms with E-state index in [4.69, 9.17) is 5.11 Å². The Morgan fingerprint density at radius 3 is 2.69 bits per heavy atom. The first-order valence-electron chi connectivity index (χ1n) is 5.51. The summed E-state index contributed by atoms with van der Waals surface area (Å²) < 4.78 is 0. The summed E-state index contributed by atoms with van der Waals surface area (Å²) in [4.78, 5) is 14.8. The van der Waals surface area contributed by atoms with Gasteiger partial charge < -0.3 is 10.4 Å². The first-order chi connectivity index (χ1) is 7.54. The summed E-state index contributed by atoms with van der Waals surface area (Å²) in [6.45, 7) is 6.35. The molecule has 88 valence electrons. The molecule has 0 amide bonds. The number of aromatic nitrogens is 1. The van der Waals surface area contributed by atoms with Crippen LogP contribution in [0.2, 0.25) is 0 Å². The highest BCUT2D eigenvalue weighted by Gasteiger charge is 2.12. The molecule has 0 fully saturated rings. The van der Waals surface area contributed by atoms with E-state index in [1.807, 2.05) is 0 Å². The lowest BCUT2D eigenvalue weighted by Gasteiger charge is -2.21. The Labute approximate surface area is 95.7 Å². The molecular weight excluding hydrogens is 204 g/mol. The van der Waals surface area contributed by atoms with E-state index in [0.29, 0.717) is 17.8 Å². The van der Waals surface area contributed by atoms with Crippen molar-refractivity contribution in [2.45, 2.75) is 33.2 Å². The molecule has 4 heteroatoms. The molecule has 1 aromatic rings. The third-order valence-corrected chi connectivity index (χ3v) is 2.55. The third-order valence-electron chi connectivity index (χ3n) is 2.55. The maximum atomic E-state index is 10.8. The Morgan fingerprint density at radius 2 is 2.19 bits per heavy atom. The molecule has 1 rings (SSSR count). The summed E-state index contributed by atoms with van der Waals surface area (Å²) in [5.74, 6) is 0.113. The molecule has 2 N–H and O–H groups in total. The highest BCUT2D eigenvalue weighted by Crippen LogP contribution is 2.13. The number of anilines is 1. The Hall–Kier alpha value is -1.58. The number of nitrogens with zero attached hydrogens (tertiary/aromatic N) is 1. The minimum Gasteiger partial charge on any atom is -0.477 e. The minimum atomic E-state index is -0.999. The van der Waals surface area contributed by atoms with E-state index in [1.165, 1.54) is 6.07 Å². The fourth-order valence-electron chi connectivity index (χ4n) is 1.56. The van der Waals surface area contributed by atoms with Gasteiger partial charge >= 0.3 is 5.97 Å². The van der Waals surface area contributed by atoms with Crippen molar-refractivity contribution in [3.8, 4) is 0 Å². The third kappa shape index (κ3) is 3.22. The Kier molecular flexibility index (Phi) is 4.28. The number of aromatic carboxylic acids is 1. The van der Waals surface area contributed by atoms with Crippen LogP contribution in [0, 0.1) is 5.92 Å². The van der Waals surface area contributed by atoms with Crippen molar-refractivity contribution in [2.75, 3.05) is 5.32 Å². The molecule has 1 unspecified atom stereocenters. The highest BCUT2D eigenvalue weighted by molar-refractivity contribution is 5.85. The normalized spacial score (nSPS) is 12.5. The summed E-state index contributed by atoms with van der Waals surface area (Å²) in [5, 5.41) is 12.1. The second-order valence-electron chi connectivity index (χ2n) is 4.12. The van der Waals surface area contributed by atoms with E-state index in [2.05, 4.69) is 31.1 Å². The van der Waals surface area contributed by atoms with Crippen LogP contribution in [0.4, 0.5) is 5.82 Å². The first kappa shape index (κ1) is 12.5. The molecule has 0 aliphatic heterocycles. The van der Waals surface area contributed by atoms with Crippen molar-refractivity contribution < 1.29 is 9.90 Å². The number of pyridine rings is 1. The van der Waals surface area contributed by atoms with Crippen LogP contribution < -0.4 is 5.32 Å². The van der Waals surface area contributed by atoms with Gasteiger partial charge in [-0.15, -0.1) is 0 Å².